The maximum Gasteiger partial charge on any atom is 0.418 e. The number of imidazole rings is 1. The summed E-state index contributed by atoms with van der Waals surface area (Å²) in [7, 11) is 0. The smallest absolute Gasteiger partial charge is 0.323 e. The molecule has 1 aromatic carbocycles. The molecule has 0 aliphatic heterocycles. The van der Waals surface area contributed by atoms with Crippen LogP contribution in [0.2, 0.25) is 5.02 Å². The van der Waals surface area contributed by atoms with Crippen molar-refractivity contribution in [1.82, 2.24) is 9.55 Å². The third-order valence-corrected chi connectivity index (χ3v) is 4.17. The molecule has 0 N–H and O–H groups in total. The lowest BCUT2D eigenvalue weighted by molar-refractivity contribution is -0.137. The number of hydrogen-bond donors (Lipinski definition) is 0. The number of hydrogen-bond acceptors (Lipinski definition) is 2. The lowest BCUT2D eigenvalue weighted by Gasteiger charge is -2.13. The van der Waals surface area contributed by atoms with Crippen LogP contribution < -0.4 is 0 Å². The topological polar surface area (TPSA) is 30.2 Å². The Morgan fingerprint density at radius 2 is 2.04 bits per heavy atom. The summed E-state index contributed by atoms with van der Waals surface area (Å²) in [4.78, 5) is 8.58. The number of rotatable bonds is 3. The summed E-state index contributed by atoms with van der Waals surface area (Å²) in [6.45, 7) is 5.62. The highest BCUT2D eigenvalue weighted by Gasteiger charge is 2.37. The summed E-state index contributed by atoms with van der Waals surface area (Å²) in [5.41, 5.74) is 0.169. The SMILES string of the molecule is Cc1nc2cc(C(F)(F)F)c(Cl)c(N=CC(C)C)c2n1C1CC1. The molecule has 0 spiro atoms. The fourth-order valence-corrected chi connectivity index (χ4v) is 2.96. The van der Waals surface area contributed by atoms with Crippen molar-refractivity contribution in [3.63, 3.8) is 0 Å². The van der Waals surface area contributed by atoms with Crippen LogP contribution in [-0.4, -0.2) is 15.8 Å². The number of aliphatic imine (C=N–C) groups is 1. The minimum absolute atomic E-state index is 0.106. The van der Waals surface area contributed by atoms with Gasteiger partial charge in [-0.3, -0.25) is 4.99 Å². The summed E-state index contributed by atoms with van der Waals surface area (Å²) in [5, 5.41) is -0.358. The van der Waals surface area contributed by atoms with Crippen LogP contribution in [0.5, 0.6) is 0 Å². The minimum atomic E-state index is -4.54. The fraction of sp³-hybridized carbons (Fsp3) is 0.500. The lowest BCUT2D eigenvalue weighted by Crippen LogP contribution is -2.06. The number of aromatic nitrogens is 2. The molecule has 1 aromatic heterocycles. The molecule has 1 saturated carbocycles. The van der Waals surface area contributed by atoms with E-state index in [0.717, 1.165) is 18.9 Å². The molecule has 3 nitrogen and oxygen atoms in total. The fourth-order valence-electron chi connectivity index (χ4n) is 2.66. The van der Waals surface area contributed by atoms with Gasteiger partial charge in [-0.05, 0) is 31.7 Å². The summed E-state index contributed by atoms with van der Waals surface area (Å²) < 4.78 is 41.8. The summed E-state index contributed by atoms with van der Waals surface area (Å²) in [5.74, 6) is 0.799. The third-order valence-electron chi connectivity index (χ3n) is 3.78. The number of aryl methyl sites for hydroxylation is 1. The Balaban J connectivity index is 2.35. The van der Waals surface area contributed by atoms with Crippen molar-refractivity contribution in [3.8, 4) is 0 Å². The van der Waals surface area contributed by atoms with Crippen molar-refractivity contribution in [2.45, 2.75) is 45.8 Å². The van der Waals surface area contributed by atoms with Crippen LogP contribution in [0.4, 0.5) is 18.9 Å². The average Bonchev–Trinajstić information content (AvgIpc) is 3.19. The van der Waals surface area contributed by atoms with E-state index in [-0.39, 0.29) is 22.7 Å². The molecule has 124 valence electrons. The van der Waals surface area contributed by atoms with Gasteiger partial charge in [-0.25, -0.2) is 4.98 Å². The second-order valence-corrected chi connectivity index (χ2v) is 6.61. The Morgan fingerprint density at radius 1 is 1.39 bits per heavy atom. The van der Waals surface area contributed by atoms with Crippen molar-refractivity contribution < 1.29 is 13.2 Å². The first kappa shape index (κ1) is 16.3. The van der Waals surface area contributed by atoms with Gasteiger partial charge in [0.15, 0.2) is 0 Å². The molecule has 0 radical (unpaired) electrons. The van der Waals surface area contributed by atoms with Crippen molar-refractivity contribution in [2.75, 3.05) is 0 Å². The minimum Gasteiger partial charge on any atom is -0.323 e. The van der Waals surface area contributed by atoms with Gasteiger partial charge in [0.1, 0.15) is 11.5 Å². The standard InChI is InChI=1S/C16H17ClF3N3/c1-8(2)7-21-14-13(17)11(16(18,19)20)6-12-15(14)23(9(3)22-12)10-4-5-10/h6-8,10H,4-5H2,1-3H3. The van der Waals surface area contributed by atoms with E-state index >= 15 is 0 Å². The normalized spacial score (nSPS) is 16.2. The van der Waals surface area contributed by atoms with E-state index in [2.05, 4.69) is 9.98 Å². The zero-order valence-corrected chi connectivity index (χ0v) is 13.8. The second kappa shape index (κ2) is 5.51. The van der Waals surface area contributed by atoms with Crippen molar-refractivity contribution in [1.29, 1.82) is 0 Å². The molecule has 0 bridgehead atoms. The van der Waals surface area contributed by atoms with Gasteiger partial charge in [0.05, 0.1) is 21.6 Å². The van der Waals surface area contributed by atoms with Gasteiger partial charge >= 0.3 is 6.18 Å². The summed E-state index contributed by atoms with van der Waals surface area (Å²) in [6.07, 6.45) is -0.929. The highest BCUT2D eigenvalue weighted by atomic mass is 35.5. The Labute approximate surface area is 137 Å². The predicted octanol–water partition coefficient (Wildman–Crippen LogP) is 5.71. The van der Waals surface area contributed by atoms with E-state index < -0.39 is 11.7 Å². The van der Waals surface area contributed by atoms with Crippen molar-refractivity contribution >= 4 is 34.5 Å². The van der Waals surface area contributed by atoms with Crippen LogP contribution in [0, 0.1) is 12.8 Å². The molecule has 0 saturated heterocycles. The number of nitrogens with zero attached hydrogens (tertiary/aromatic N) is 3. The maximum atomic E-state index is 13.3. The molecule has 0 unspecified atom stereocenters. The Kier molecular flexibility index (Phi) is 3.91. The molecule has 1 aliphatic carbocycles. The first-order chi connectivity index (χ1) is 10.7. The third kappa shape index (κ3) is 2.96. The van der Waals surface area contributed by atoms with Gasteiger partial charge in [0.25, 0.3) is 0 Å². The second-order valence-electron chi connectivity index (χ2n) is 6.23. The first-order valence-electron chi connectivity index (χ1n) is 7.52. The lowest BCUT2D eigenvalue weighted by atomic mass is 10.1. The molecular weight excluding hydrogens is 327 g/mol. The van der Waals surface area contributed by atoms with Gasteiger partial charge in [-0.2, -0.15) is 13.2 Å². The maximum absolute atomic E-state index is 13.3. The van der Waals surface area contributed by atoms with Gasteiger partial charge in [-0.15, -0.1) is 0 Å². The van der Waals surface area contributed by atoms with Gasteiger partial charge in [-0.1, -0.05) is 25.4 Å². The average molecular weight is 344 g/mol. The van der Waals surface area contributed by atoms with Crippen LogP contribution in [0.25, 0.3) is 11.0 Å². The van der Waals surface area contributed by atoms with Crippen LogP contribution in [0.1, 0.15) is 44.1 Å². The van der Waals surface area contributed by atoms with E-state index in [0.29, 0.717) is 16.9 Å². The number of fused-ring (bicyclic) bond motifs is 1. The Morgan fingerprint density at radius 3 is 2.57 bits per heavy atom. The molecule has 7 heteroatoms. The molecule has 3 rings (SSSR count). The zero-order chi connectivity index (χ0) is 16.9. The highest BCUT2D eigenvalue weighted by molar-refractivity contribution is 6.35. The quantitative estimate of drug-likeness (QED) is 0.656. The number of alkyl halides is 3. The first-order valence-corrected chi connectivity index (χ1v) is 7.90. The predicted molar refractivity (Wildman–Crippen MR) is 85.7 cm³/mol. The monoisotopic (exact) mass is 343 g/mol. The molecule has 2 aromatic rings. The van der Waals surface area contributed by atoms with E-state index in [1.807, 2.05) is 18.4 Å². The van der Waals surface area contributed by atoms with Crippen molar-refractivity contribution in [2.24, 2.45) is 10.9 Å². The van der Waals surface area contributed by atoms with E-state index in [4.69, 9.17) is 11.6 Å². The van der Waals surface area contributed by atoms with Crippen LogP contribution >= 0.6 is 11.6 Å². The van der Waals surface area contributed by atoms with Gasteiger partial charge in [0, 0.05) is 12.3 Å². The van der Waals surface area contributed by atoms with E-state index in [1.54, 1.807) is 13.1 Å². The Hall–Kier alpha value is -1.56. The number of benzene rings is 1. The molecule has 0 atom stereocenters. The van der Waals surface area contributed by atoms with Crippen LogP contribution in [0.15, 0.2) is 11.1 Å². The largest absolute Gasteiger partial charge is 0.418 e. The van der Waals surface area contributed by atoms with Gasteiger partial charge in [0.2, 0.25) is 0 Å². The van der Waals surface area contributed by atoms with Gasteiger partial charge < -0.3 is 4.57 Å². The summed E-state index contributed by atoms with van der Waals surface area (Å²) >= 11 is 6.09. The molecular formula is C16H17ClF3N3. The van der Waals surface area contributed by atoms with E-state index in [1.165, 1.54) is 0 Å². The van der Waals surface area contributed by atoms with E-state index in [9.17, 15) is 13.2 Å². The Bertz CT molecular complexity index is 786. The molecule has 1 aliphatic rings. The molecule has 1 heterocycles. The zero-order valence-electron chi connectivity index (χ0n) is 13.1. The number of halogens is 4. The molecule has 1 fully saturated rings. The van der Waals surface area contributed by atoms with Crippen LogP contribution in [-0.2, 0) is 6.18 Å². The molecule has 0 amide bonds. The summed E-state index contributed by atoms with van der Waals surface area (Å²) in [6, 6.07) is 1.30. The molecule has 23 heavy (non-hydrogen) atoms. The van der Waals surface area contributed by atoms with Crippen molar-refractivity contribution in [3.05, 3.63) is 22.5 Å². The van der Waals surface area contributed by atoms with Crippen LogP contribution in [0.3, 0.4) is 0 Å². The highest BCUT2D eigenvalue weighted by Crippen LogP contribution is 2.47.